The minimum atomic E-state index is -0.0434. The zero-order chi connectivity index (χ0) is 18.5. The second-order valence-electron chi connectivity index (χ2n) is 8.00. The topological polar surface area (TPSA) is 15.3 Å². The van der Waals surface area contributed by atoms with Crippen molar-refractivity contribution in [3.05, 3.63) is 11.4 Å². The van der Waals surface area contributed by atoms with Crippen LogP contribution in [0.2, 0.25) is 0 Å². The molecule has 25 heavy (non-hydrogen) atoms. The minimum absolute atomic E-state index is 0.0434. The Balaban J connectivity index is 1.87. The highest BCUT2D eigenvalue weighted by molar-refractivity contribution is 9.10. The maximum atomic E-state index is 3.90. The summed E-state index contributed by atoms with van der Waals surface area (Å²) in [6.45, 7) is 6.65. The van der Waals surface area contributed by atoms with Gasteiger partial charge in [0.15, 0.2) is 4.57 Å². The van der Waals surface area contributed by atoms with Gasteiger partial charge in [-0.1, -0.05) is 90.4 Å². The molecule has 1 heterocycles. The second kappa shape index (κ2) is 13.1. The van der Waals surface area contributed by atoms with Gasteiger partial charge in [-0.2, -0.15) is 0 Å². The molecule has 0 aliphatic carbocycles. The lowest BCUT2D eigenvalue weighted by Crippen LogP contribution is -2.44. The van der Waals surface area contributed by atoms with Crippen LogP contribution in [0.15, 0.2) is 11.4 Å². The summed E-state index contributed by atoms with van der Waals surface area (Å²) < 4.78 is -0.0434. The van der Waals surface area contributed by atoms with Crippen LogP contribution in [-0.2, 0) is 0 Å². The third-order valence-electron chi connectivity index (χ3n) is 5.82. The van der Waals surface area contributed by atoms with Gasteiger partial charge in [0.2, 0.25) is 0 Å². The van der Waals surface area contributed by atoms with Gasteiger partial charge in [-0.25, -0.2) is 0 Å². The largest absolute Gasteiger partial charge is 0.356 e. The number of rotatable bonds is 15. The molecule has 1 atom stereocenters. The van der Waals surface area contributed by atoms with Gasteiger partial charge in [-0.3, -0.25) is 0 Å². The molecule has 2 nitrogen and oxygen atoms in total. The van der Waals surface area contributed by atoms with E-state index in [2.05, 4.69) is 54.0 Å². The van der Waals surface area contributed by atoms with Crippen molar-refractivity contribution < 1.29 is 0 Å². The molecule has 0 bridgehead atoms. The van der Waals surface area contributed by atoms with Crippen LogP contribution < -0.4 is 5.32 Å². The Kier molecular flexibility index (Phi) is 11.9. The fraction of sp³-hybridized carbons (Fsp3) is 0.909. The van der Waals surface area contributed by atoms with Crippen molar-refractivity contribution in [2.45, 2.75) is 122 Å². The monoisotopic (exact) mass is 414 g/mol. The van der Waals surface area contributed by atoms with E-state index in [1.165, 1.54) is 101 Å². The van der Waals surface area contributed by atoms with E-state index >= 15 is 0 Å². The van der Waals surface area contributed by atoms with Crippen LogP contribution in [0, 0.1) is 0 Å². The van der Waals surface area contributed by atoms with E-state index in [9.17, 15) is 0 Å². The van der Waals surface area contributed by atoms with Gasteiger partial charge in [0.1, 0.15) is 0 Å². The lowest BCUT2D eigenvalue weighted by atomic mass is 10.0. The molecule has 0 saturated carbocycles. The van der Waals surface area contributed by atoms with Crippen molar-refractivity contribution in [1.29, 1.82) is 0 Å². The first-order valence-electron chi connectivity index (χ1n) is 10.9. The zero-order valence-corrected chi connectivity index (χ0v) is 19.0. The molecular weight excluding hydrogens is 372 g/mol. The standard InChI is InChI=1S/C22H43BrN2/c1-5-6-7-8-9-10-11-12-13-14-15-16-17-18-19-22(23)24-20(2)21(3)25(22)4/h24H,5-19H2,1-4H3. The fourth-order valence-electron chi connectivity index (χ4n) is 3.76. The van der Waals surface area contributed by atoms with E-state index < -0.39 is 0 Å². The third kappa shape index (κ3) is 8.84. The molecule has 1 rings (SSSR count). The maximum Gasteiger partial charge on any atom is 0.167 e. The molecule has 0 amide bonds. The molecule has 0 aromatic carbocycles. The van der Waals surface area contributed by atoms with E-state index in [0.717, 1.165) is 6.42 Å². The Morgan fingerprint density at radius 3 is 1.52 bits per heavy atom. The molecule has 0 fully saturated rings. The first kappa shape index (κ1) is 22.9. The van der Waals surface area contributed by atoms with Crippen molar-refractivity contribution in [3.63, 3.8) is 0 Å². The fourth-order valence-corrected chi connectivity index (χ4v) is 4.61. The van der Waals surface area contributed by atoms with Crippen LogP contribution in [0.1, 0.15) is 117 Å². The average Bonchev–Trinajstić information content (AvgIpc) is 2.78. The van der Waals surface area contributed by atoms with Gasteiger partial charge < -0.3 is 10.2 Å². The Hall–Kier alpha value is -0.180. The summed E-state index contributed by atoms with van der Waals surface area (Å²) in [7, 11) is 2.18. The van der Waals surface area contributed by atoms with Crippen LogP contribution in [0.25, 0.3) is 0 Å². The van der Waals surface area contributed by atoms with Gasteiger partial charge in [0.05, 0.1) is 0 Å². The smallest absolute Gasteiger partial charge is 0.167 e. The number of allylic oxidation sites excluding steroid dienone is 2. The number of hydrogen-bond donors (Lipinski definition) is 1. The van der Waals surface area contributed by atoms with E-state index in [4.69, 9.17) is 0 Å². The Labute approximate surface area is 166 Å². The molecule has 148 valence electrons. The predicted molar refractivity (Wildman–Crippen MR) is 116 cm³/mol. The number of unbranched alkanes of at least 4 members (excludes halogenated alkanes) is 13. The lowest BCUT2D eigenvalue weighted by molar-refractivity contribution is 0.256. The van der Waals surface area contributed by atoms with Crippen LogP contribution in [0.5, 0.6) is 0 Å². The van der Waals surface area contributed by atoms with Gasteiger partial charge in [-0.05, 0) is 42.6 Å². The number of alkyl halides is 1. The van der Waals surface area contributed by atoms with Crippen LogP contribution >= 0.6 is 15.9 Å². The first-order valence-corrected chi connectivity index (χ1v) is 11.7. The predicted octanol–water partition coefficient (Wildman–Crippen LogP) is 7.69. The van der Waals surface area contributed by atoms with Gasteiger partial charge in [0.25, 0.3) is 0 Å². The molecule has 0 radical (unpaired) electrons. The van der Waals surface area contributed by atoms with E-state index in [1.807, 2.05) is 0 Å². The summed E-state index contributed by atoms with van der Waals surface area (Å²) in [6.07, 6.45) is 21.1. The third-order valence-corrected chi connectivity index (χ3v) is 6.94. The Bertz CT molecular complexity index is 380. The van der Waals surface area contributed by atoms with Crippen molar-refractivity contribution in [2.24, 2.45) is 0 Å². The molecule has 0 saturated heterocycles. The van der Waals surface area contributed by atoms with Crippen LogP contribution in [0.4, 0.5) is 0 Å². The lowest BCUT2D eigenvalue weighted by Gasteiger charge is -2.33. The summed E-state index contributed by atoms with van der Waals surface area (Å²) in [4.78, 5) is 2.34. The first-order chi connectivity index (χ1) is 12.0. The van der Waals surface area contributed by atoms with Gasteiger partial charge in [-0.15, -0.1) is 0 Å². The van der Waals surface area contributed by atoms with Crippen LogP contribution in [-0.4, -0.2) is 16.5 Å². The van der Waals surface area contributed by atoms with E-state index in [1.54, 1.807) is 0 Å². The molecule has 0 aromatic rings. The van der Waals surface area contributed by atoms with Gasteiger partial charge in [0, 0.05) is 18.4 Å². The minimum Gasteiger partial charge on any atom is -0.356 e. The van der Waals surface area contributed by atoms with Crippen LogP contribution in [0.3, 0.4) is 0 Å². The second-order valence-corrected chi connectivity index (χ2v) is 9.31. The normalized spacial score (nSPS) is 20.4. The van der Waals surface area contributed by atoms with Crippen molar-refractivity contribution in [2.75, 3.05) is 7.05 Å². The molecule has 0 aromatic heterocycles. The van der Waals surface area contributed by atoms with Gasteiger partial charge >= 0.3 is 0 Å². The highest BCUT2D eigenvalue weighted by Gasteiger charge is 2.36. The number of nitrogens with one attached hydrogen (secondary N) is 1. The summed E-state index contributed by atoms with van der Waals surface area (Å²) in [5.41, 5.74) is 2.65. The van der Waals surface area contributed by atoms with Crippen molar-refractivity contribution in [3.8, 4) is 0 Å². The highest BCUT2D eigenvalue weighted by Crippen LogP contribution is 2.35. The highest BCUT2D eigenvalue weighted by atomic mass is 79.9. The molecule has 1 N–H and O–H groups in total. The Morgan fingerprint density at radius 2 is 1.16 bits per heavy atom. The average molecular weight is 416 g/mol. The number of halogens is 1. The molecule has 1 aliphatic rings. The summed E-state index contributed by atoms with van der Waals surface area (Å²) in [5.74, 6) is 0. The van der Waals surface area contributed by atoms with E-state index in [-0.39, 0.29) is 4.57 Å². The summed E-state index contributed by atoms with van der Waals surface area (Å²) in [5, 5.41) is 3.60. The van der Waals surface area contributed by atoms with E-state index in [0.29, 0.717) is 0 Å². The summed E-state index contributed by atoms with van der Waals surface area (Å²) >= 11 is 3.90. The number of nitrogens with zero attached hydrogens (tertiary/aromatic N) is 1. The maximum absolute atomic E-state index is 3.90. The molecule has 0 spiro atoms. The quantitative estimate of drug-likeness (QED) is 0.167. The van der Waals surface area contributed by atoms with Crippen molar-refractivity contribution in [1.82, 2.24) is 10.2 Å². The molecule has 1 unspecified atom stereocenters. The molecule has 1 aliphatic heterocycles. The number of hydrogen-bond acceptors (Lipinski definition) is 2. The van der Waals surface area contributed by atoms with Crippen molar-refractivity contribution >= 4 is 15.9 Å². The molecular formula is C22H43BrN2. The summed E-state index contributed by atoms with van der Waals surface area (Å²) in [6, 6.07) is 0. The molecule has 3 heteroatoms. The SMILES string of the molecule is CCCCCCCCCCCCCCCCC1(Br)NC(C)=C(C)N1C. The zero-order valence-electron chi connectivity index (χ0n) is 17.4. The Morgan fingerprint density at radius 1 is 0.760 bits per heavy atom.